The second-order valence-electron chi connectivity index (χ2n) is 4.17. The molecule has 4 nitrogen and oxygen atoms in total. The number of carbonyl (C=O) groups excluding carboxylic acids is 1. The Kier molecular flexibility index (Phi) is 5.40. The molecule has 0 aromatic heterocycles. The minimum absolute atomic E-state index is 0.130. The van der Waals surface area contributed by atoms with Crippen LogP contribution in [0.4, 0.5) is 14.9 Å². The zero-order chi connectivity index (χ0) is 15.1. The van der Waals surface area contributed by atoms with Crippen molar-refractivity contribution in [2.45, 2.75) is 0 Å². The van der Waals surface area contributed by atoms with Gasteiger partial charge in [0.1, 0.15) is 18.2 Å². The molecular formula is C15H14ClFN2O2. The van der Waals surface area contributed by atoms with Gasteiger partial charge in [0, 0.05) is 5.02 Å². The van der Waals surface area contributed by atoms with Crippen molar-refractivity contribution in [1.82, 2.24) is 5.32 Å². The lowest BCUT2D eigenvalue weighted by Gasteiger charge is -2.09. The Morgan fingerprint density at radius 1 is 1.19 bits per heavy atom. The van der Waals surface area contributed by atoms with Gasteiger partial charge in [0.15, 0.2) is 0 Å². The van der Waals surface area contributed by atoms with Gasteiger partial charge in [-0.15, -0.1) is 0 Å². The second kappa shape index (κ2) is 7.50. The fourth-order valence-electron chi connectivity index (χ4n) is 1.62. The zero-order valence-corrected chi connectivity index (χ0v) is 11.9. The SMILES string of the molecule is O=C(NCCOc1cccc(Cl)c1)Nc1ccccc1F. The molecule has 0 unspecified atom stereocenters. The van der Waals surface area contributed by atoms with Crippen molar-refractivity contribution >= 4 is 23.3 Å². The number of para-hydroxylation sites is 1. The van der Waals surface area contributed by atoms with Crippen molar-refractivity contribution in [2.75, 3.05) is 18.5 Å². The van der Waals surface area contributed by atoms with E-state index < -0.39 is 11.8 Å². The summed E-state index contributed by atoms with van der Waals surface area (Å²) in [5.74, 6) is 0.140. The molecule has 0 radical (unpaired) electrons. The van der Waals surface area contributed by atoms with Crippen LogP contribution in [0, 0.1) is 5.82 Å². The van der Waals surface area contributed by atoms with E-state index in [4.69, 9.17) is 16.3 Å². The van der Waals surface area contributed by atoms with Crippen molar-refractivity contribution < 1.29 is 13.9 Å². The first-order valence-corrected chi connectivity index (χ1v) is 6.71. The average Bonchev–Trinajstić information content (AvgIpc) is 2.46. The predicted octanol–water partition coefficient (Wildman–Crippen LogP) is 3.68. The summed E-state index contributed by atoms with van der Waals surface area (Å²) in [6.07, 6.45) is 0. The van der Waals surface area contributed by atoms with E-state index in [0.717, 1.165) is 0 Å². The summed E-state index contributed by atoms with van der Waals surface area (Å²) in [5, 5.41) is 5.57. The molecule has 2 N–H and O–H groups in total. The molecule has 0 aliphatic carbocycles. The lowest BCUT2D eigenvalue weighted by molar-refractivity contribution is 0.247. The van der Waals surface area contributed by atoms with Gasteiger partial charge in [-0.3, -0.25) is 0 Å². The molecule has 2 aromatic rings. The van der Waals surface area contributed by atoms with Gasteiger partial charge in [0.25, 0.3) is 0 Å². The van der Waals surface area contributed by atoms with Gasteiger partial charge in [-0.1, -0.05) is 29.8 Å². The van der Waals surface area contributed by atoms with Crippen LogP contribution in [0.2, 0.25) is 5.02 Å². The van der Waals surface area contributed by atoms with E-state index in [1.54, 1.807) is 36.4 Å². The highest BCUT2D eigenvalue weighted by Crippen LogP contribution is 2.16. The molecule has 6 heteroatoms. The first-order chi connectivity index (χ1) is 10.1. The average molecular weight is 309 g/mol. The van der Waals surface area contributed by atoms with Crippen LogP contribution in [0.15, 0.2) is 48.5 Å². The fourth-order valence-corrected chi connectivity index (χ4v) is 1.80. The van der Waals surface area contributed by atoms with E-state index in [1.165, 1.54) is 12.1 Å². The largest absolute Gasteiger partial charge is 0.492 e. The Labute approximate surface area is 126 Å². The Balaban J connectivity index is 1.71. The summed E-state index contributed by atoms with van der Waals surface area (Å²) in [6, 6.07) is 12.4. The molecule has 0 aliphatic rings. The van der Waals surface area contributed by atoms with Gasteiger partial charge in [0.2, 0.25) is 0 Å². The third-order valence-electron chi connectivity index (χ3n) is 2.57. The zero-order valence-electron chi connectivity index (χ0n) is 11.1. The number of hydrogen-bond donors (Lipinski definition) is 2. The van der Waals surface area contributed by atoms with Crippen molar-refractivity contribution in [3.63, 3.8) is 0 Å². The number of rotatable bonds is 5. The van der Waals surface area contributed by atoms with Crippen LogP contribution in [0.3, 0.4) is 0 Å². The van der Waals surface area contributed by atoms with E-state index in [-0.39, 0.29) is 18.8 Å². The molecule has 0 fully saturated rings. The van der Waals surface area contributed by atoms with Crippen LogP contribution in [-0.4, -0.2) is 19.2 Å². The number of ether oxygens (including phenoxy) is 1. The van der Waals surface area contributed by atoms with Gasteiger partial charge < -0.3 is 15.4 Å². The van der Waals surface area contributed by atoms with Crippen LogP contribution in [0.25, 0.3) is 0 Å². The molecular weight excluding hydrogens is 295 g/mol. The summed E-state index contributed by atoms with van der Waals surface area (Å²) in [4.78, 5) is 11.6. The molecule has 21 heavy (non-hydrogen) atoms. The van der Waals surface area contributed by atoms with Gasteiger partial charge in [-0.2, -0.15) is 0 Å². The van der Waals surface area contributed by atoms with Gasteiger partial charge >= 0.3 is 6.03 Å². The number of nitrogens with one attached hydrogen (secondary N) is 2. The third-order valence-corrected chi connectivity index (χ3v) is 2.81. The fraction of sp³-hybridized carbons (Fsp3) is 0.133. The van der Waals surface area contributed by atoms with Crippen LogP contribution in [0.5, 0.6) is 5.75 Å². The van der Waals surface area contributed by atoms with Crippen LogP contribution in [0.1, 0.15) is 0 Å². The summed E-state index contributed by atoms with van der Waals surface area (Å²) in [5.41, 5.74) is 0.130. The smallest absolute Gasteiger partial charge is 0.319 e. The van der Waals surface area contributed by atoms with Crippen molar-refractivity contribution in [3.8, 4) is 5.75 Å². The summed E-state index contributed by atoms with van der Waals surface area (Å²) >= 11 is 5.82. The van der Waals surface area contributed by atoms with E-state index in [2.05, 4.69) is 10.6 Å². The number of amides is 2. The monoisotopic (exact) mass is 308 g/mol. The molecule has 0 aliphatic heterocycles. The third kappa shape index (κ3) is 4.96. The van der Waals surface area contributed by atoms with Crippen molar-refractivity contribution in [2.24, 2.45) is 0 Å². The van der Waals surface area contributed by atoms with Gasteiger partial charge in [-0.05, 0) is 30.3 Å². The normalized spacial score (nSPS) is 10.0. The summed E-state index contributed by atoms with van der Waals surface area (Å²) in [7, 11) is 0. The Hall–Kier alpha value is -2.27. The minimum atomic E-state index is -0.491. The molecule has 0 saturated carbocycles. The molecule has 0 atom stereocenters. The number of halogens is 2. The van der Waals surface area contributed by atoms with E-state index >= 15 is 0 Å². The molecule has 0 saturated heterocycles. The van der Waals surface area contributed by atoms with E-state index in [9.17, 15) is 9.18 Å². The molecule has 2 aromatic carbocycles. The summed E-state index contributed by atoms with van der Waals surface area (Å²) in [6.45, 7) is 0.567. The molecule has 2 amide bonds. The number of hydrogen-bond acceptors (Lipinski definition) is 2. The molecule has 2 rings (SSSR count). The quantitative estimate of drug-likeness (QED) is 0.828. The maximum absolute atomic E-state index is 13.3. The lowest BCUT2D eigenvalue weighted by Crippen LogP contribution is -2.32. The first-order valence-electron chi connectivity index (χ1n) is 6.33. The minimum Gasteiger partial charge on any atom is -0.492 e. The van der Waals surface area contributed by atoms with Crippen LogP contribution < -0.4 is 15.4 Å². The maximum Gasteiger partial charge on any atom is 0.319 e. The number of benzene rings is 2. The van der Waals surface area contributed by atoms with Gasteiger partial charge in [-0.25, -0.2) is 9.18 Å². The topological polar surface area (TPSA) is 50.4 Å². The van der Waals surface area contributed by atoms with Crippen molar-refractivity contribution in [3.05, 3.63) is 59.4 Å². The number of carbonyl (C=O) groups is 1. The molecule has 110 valence electrons. The predicted molar refractivity (Wildman–Crippen MR) is 80.4 cm³/mol. The second-order valence-corrected chi connectivity index (χ2v) is 4.60. The molecule has 0 spiro atoms. The lowest BCUT2D eigenvalue weighted by atomic mass is 10.3. The van der Waals surface area contributed by atoms with E-state index in [0.29, 0.717) is 10.8 Å². The van der Waals surface area contributed by atoms with Crippen molar-refractivity contribution in [1.29, 1.82) is 0 Å². The van der Waals surface area contributed by atoms with Crippen LogP contribution in [-0.2, 0) is 0 Å². The standard InChI is InChI=1S/C15H14ClFN2O2/c16-11-4-3-5-12(10-11)21-9-8-18-15(20)19-14-7-2-1-6-13(14)17/h1-7,10H,8-9H2,(H2,18,19,20). The van der Waals surface area contributed by atoms with Gasteiger partial charge in [0.05, 0.1) is 12.2 Å². The highest BCUT2D eigenvalue weighted by molar-refractivity contribution is 6.30. The number of urea groups is 1. The highest BCUT2D eigenvalue weighted by atomic mass is 35.5. The molecule has 0 bridgehead atoms. The first kappa shape index (κ1) is 15.1. The number of anilines is 1. The highest BCUT2D eigenvalue weighted by Gasteiger charge is 2.05. The molecule has 0 heterocycles. The summed E-state index contributed by atoms with van der Waals surface area (Å²) < 4.78 is 18.7. The Morgan fingerprint density at radius 3 is 2.76 bits per heavy atom. The Bertz CT molecular complexity index is 622. The Morgan fingerprint density at radius 2 is 2.00 bits per heavy atom. The van der Waals surface area contributed by atoms with E-state index in [1.807, 2.05) is 0 Å². The maximum atomic E-state index is 13.3. The van der Waals surface area contributed by atoms with Crippen LogP contribution >= 0.6 is 11.6 Å².